The minimum absolute atomic E-state index is 0.172. The molecule has 0 saturated carbocycles. The SMILES string of the molecule is COc1ccc(CCC(C)(C)CN)c(OC)c1. The van der Waals surface area contributed by atoms with E-state index in [1.165, 1.54) is 5.56 Å². The summed E-state index contributed by atoms with van der Waals surface area (Å²) in [6, 6.07) is 5.95. The van der Waals surface area contributed by atoms with Crippen LogP contribution in [0.15, 0.2) is 18.2 Å². The van der Waals surface area contributed by atoms with Crippen molar-refractivity contribution >= 4 is 0 Å². The van der Waals surface area contributed by atoms with E-state index in [9.17, 15) is 0 Å². The molecular weight excluding hydrogens is 214 g/mol. The maximum absolute atomic E-state index is 5.74. The molecule has 0 saturated heterocycles. The molecule has 1 rings (SSSR count). The number of nitrogens with two attached hydrogens (primary N) is 1. The predicted molar refractivity (Wildman–Crippen MR) is 70.7 cm³/mol. The molecule has 3 nitrogen and oxygen atoms in total. The maximum Gasteiger partial charge on any atom is 0.125 e. The summed E-state index contributed by atoms with van der Waals surface area (Å²) in [7, 11) is 3.35. The van der Waals surface area contributed by atoms with Gasteiger partial charge in [-0.05, 0) is 36.4 Å². The molecule has 0 unspecified atom stereocenters. The molecule has 17 heavy (non-hydrogen) atoms. The fourth-order valence-electron chi connectivity index (χ4n) is 1.63. The van der Waals surface area contributed by atoms with Gasteiger partial charge in [-0.15, -0.1) is 0 Å². The van der Waals surface area contributed by atoms with Crippen molar-refractivity contribution < 1.29 is 9.47 Å². The fraction of sp³-hybridized carbons (Fsp3) is 0.571. The van der Waals surface area contributed by atoms with Crippen LogP contribution in [0.1, 0.15) is 25.8 Å². The Labute approximate surface area is 104 Å². The topological polar surface area (TPSA) is 44.5 Å². The molecule has 0 fully saturated rings. The molecule has 0 radical (unpaired) electrons. The Hall–Kier alpha value is -1.22. The molecule has 0 bridgehead atoms. The normalized spacial score (nSPS) is 11.4. The van der Waals surface area contributed by atoms with Crippen molar-refractivity contribution in [2.24, 2.45) is 11.1 Å². The first kappa shape index (κ1) is 13.8. The van der Waals surface area contributed by atoms with E-state index < -0.39 is 0 Å². The quantitative estimate of drug-likeness (QED) is 0.827. The number of aryl methyl sites for hydroxylation is 1. The monoisotopic (exact) mass is 237 g/mol. The van der Waals surface area contributed by atoms with E-state index in [-0.39, 0.29) is 5.41 Å². The molecule has 0 aliphatic carbocycles. The predicted octanol–water partition coefficient (Wildman–Crippen LogP) is 2.62. The van der Waals surface area contributed by atoms with Crippen molar-refractivity contribution in [3.8, 4) is 11.5 Å². The van der Waals surface area contributed by atoms with Crippen LogP contribution in [0.5, 0.6) is 11.5 Å². The van der Waals surface area contributed by atoms with Crippen LogP contribution in [-0.4, -0.2) is 20.8 Å². The highest BCUT2D eigenvalue weighted by atomic mass is 16.5. The van der Waals surface area contributed by atoms with Gasteiger partial charge < -0.3 is 15.2 Å². The second-order valence-electron chi connectivity index (χ2n) is 5.05. The van der Waals surface area contributed by atoms with Gasteiger partial charge in [-0.1, -0.05) is 19.9 Å². The van der Waals surface area contributed by atoms with Crippen LogP contribution in [0.3, 0.4) is 0 Å². The highest BCUT2D eigenvalue weighted by Crippen LogP contribution is 2.28. The van der Waals surface area contributed by atoms with Gasteiger partial charge in [-0.25, -0.2) is 0 Å². The van der Waals surface area contributed by atoms with Crippen LogP contribution in [0.2, 0.25) is 0 Å². The molecule has 0 heterocycles. The molecule has 1 aromatic rings. The zero-order valence-corrected chi connectivity index (χ0v) is 11.2. The van der Waals surface area contributed by atoms with E-state index >= 15 is 0 Å². The van der Waals surface area contributed by atoms with E-state index in [1.807, 2.05) is 12.1 Å². The lowest BCUT2D eigenvalue weighted by Crippen LogP contribution is -2.24. The second kappa shape index (κ2) is 5.92. The summed E-state index contributed by atoms with van der Waals surface area (Å²) in [5.74, 6) is 1.71. The van der Waals surface area contributed by atoms with E-state index in [1.54, 1.807) is 14.2 Å². The molecule has 96 valence electrons. The standard InChI is InChI=1S/C14H23NO2/c1-14(2,10-15)8-7-11-5-6-12(16-3)9-13(11)17-4/h5-6,9H,7-8,10,15H2,1-4H3. The Morgan fingerprint density at radius 3 is 2.41 bits per heavy atom. The van der Waals surface area contributed by atoms with Crippen LogP contribution < -0.4 is 15.2 Å². The largest absolute Gasteiger partial charge is 0.497 e. The molecule has 0 amide bonds. The third kappa shape index (κ3) is 3.93. The number of rotatable bonds is 6. The number of hydrogen-bond donors (Lipinski definition) is 1. The Morgan fingerprint density at radius 1 is 1.18 bits per heavy atom. The minimum atomic E-state index is 0.172. The van der Waals surface area contributed by atoms with Gasteiger partial charge in [0.2, 0.25) is 0 Å². The van der Waals surface area contributed by atoms with Gasteiger partial charge in [-0.2, -0.15) is 0 Å². The lowest BCUT2D eigenvalue weighted by Gasteiger charge is -2.22. The second-order valence-corrected chi connectivity index (χ2v) is 5.05. The number of ether oxygens (including phenoxy) is 2. The van der Waals surface area contributed by atoms with Gasteiger partial charge >= 0.3 is 0 Å². The summed E-state index contributed by atoms with van der Waals surface area (Å²) >= 11 is 0. The Balaban J connectivity index is 2.77. The van der Waals surface area contributed by atoms with Gasteiger partial charge in [0.05, 0.1) is 14.2 Å². The van der Waals surface area contributed by atoms with Crippen LogP contribution in [0.25, 0.3) is 0 Å². The van der Waals surface area contributed by atoms with Gasteiger partial charge in [0.25, 0.3) is 0 Å². The van der Waals surface area contributed by atoms with Crippen molar-refractivity contribution in [3.63, 3.8) is 0 Å². The van der Waals surface area contributed by atoms with Crippen LogP contribution >= 0.6 is 0 Å². The highest BCUT2D eigenvalue weighted by Gasteiger charge is 2.16. The van der Waals surface area contributed by atoms with E-state index in [2.05, 4.69) is 19.9 Å². The molecule has 3 heteroatoms. The lowest BCUT2D eigenvalue weighted by atomic mass is 9.86. The first-order valence-corrected chi connectivity index (χ1v) is 5.93. The van der Waals surface area contributed by atoms with Crippen LogP contribution in [-0.2, 0) is 6.42 Å². The summed E-state index contributed by atoms with van der Waals surface area (Å²) in [5, 5.41) is 0. The van der Waals surface area contributed by atoms with Gasteiger partial charge in [0.15, 0.2) is 0 Å². The summed E-state index contributed by atoms with van der Waals surface area (Å²) in [6.45, 7) is 5.07. The Bertz CT molecular complexity index is 361. The molecule has 0 aliphatic heterocycles. The molecule has 0 atom stereocenters. The molecule has 0 aliphatic rings. The van der Waals surface area contributed by atoms with E-state index in [0.29, 0.717) is 6.54 Å². The maximum atomic E-state index is 5.74. The van der Waals surface area contributed by atoms with Crippen LogP contribution in [0.4, 0.5) is 0 Å². The third-order valence-corrected chi connectivity index (χ3v) is 3.12. The molecular formula is C14H23NO2. The molecule has 2 N–H and O–H groups in total. The van der Waals surface area contributed by atoms with Gasteiger partial charge in [0.1, 0.15) is 11.5 Å². The average Bonchev–Trinajstić information content (AvgIpc) is 2.36. The van der Waals surface area contributed by atoms with Gasteiger partial charge in [-0.3, -0.25) is 0 Å². The first-order chi connectivity index (χ1) is 8.02. The number of hydrogen-bond acceptors (Lipinski definition) is 3. The number of methoxy groups -OCH3 is 2. The van der Waals surface area contributed by atoms with Crippen molar-refractivity contribution in [1.29, 1.82) is 0 Å². The van der Waals surface area contributed by atoms with Crippen molar-refractivity contribution in [3.05, 3.63) is 23.8 Å². The van der Waals surface area contributed by atoms with Crippen molar-refractivity contribution in [2.75, 3.05) is 20.8 Å². The van der Waals surface area contributed by atoms with Crippen LogP contribution in [0, 0.1) is 5.41 Å². The molecule has 1 aromatic carbocycles. The first-order valence-electron chi connectivity index (χ1n) is 5.93. The van der Waals surface area contributed by atoms with E-state index in [4.69, 9.17) is 15.2 Å². The Kier molecular flexibility index (Phi) is 4.82. The summed E-state index contributed by atoms with van der Waals surface area (Å²) in [4.78, 5) is 0. The minimum Gasteiger partial charge on any atom is -0.497 e. The third-order valence-electron chi connectivity index (χ3n) is 3.12. The molecule has 0 aromatic heterocycles. The average molecular weight is 237 g/mol. The lowest BCUT2D eigenvalue weighted by molar-refractivity contribution is 0.342. The smallest absolute Gasteiger partial charge is 0.125 e. The summed E-state index contributed by atoms with van der Waals surface area (Å²) in [6.07, 6.45) is 2.02. The number of benzene rings is 1. The summed E-state index contributed by atoms with van der Waals surface area (Å²) in [5.41, 5.74) is 7.11. The van der Waals surface area contributed by atoms with Crippen molar-refractivity contribution in [2.45, 2.75) is 26.7 Å². The highest BCUT2D eigenvalue weighted by molar-refractivity contribution is 5.40. The van der Waals surface area contributed by atoms with Crippen molar-refractivity contribution in [1.82, 2.24) is 0 Å². The van der Waals surface area contributed by atoms with Gasteiger partial charge in [0, 0.05) is 6.07 Å². The van der Waals surface area contributed by atoms with E-state index in [0.717, 1.165) is 24.3 Å². The molecule has 0 spiro atoms. The zero-order valence-electron chi connectivity index (χ0n) is 11.2. The summed E-state index contributed by atoms with van der Waals surface area (Å²) < 4.78 is 10.6. The zero-order chi connectivity index (χ0) is 12.9. The Morgan fingerprint density at radius 2 is 1.88 bits per heavy atom. The fourth-order valence-corrected chi connectivity index (χ4v) is 1.63.